The van der Waals surface area contributed by atoms with Crippen LogP contribution in [0.2, 0.25) is 0 Å². The molecule has 0 bridgehead atoms. The monoisotopic (exact) mass is 663 g/mol. The summed E-state index contributed by atoms with van der Waals surface area (Å²) in [5.41, 5.74) is -1.83. The maximum absolute atomic E-state index is 13.9. The summed E-state index contributed by atoms with van der Waals surface area (Å²) in [6.45, 7) is 1.93. The minimum Gasteiger partial charge on any atom is -0.504 e. The Kier molecular flexibility index (Phi) is 8.47. The van der Waals surface area contributed by atoms with E-state index >= 15 is 0 Å². The Morgan fingerprint density at radius 2 is 1.96 bits per heavy atom. The first-order valence-electron chi connectivity index (χ1n) is 13.1. The molecule has 0 aliphatic carbocycles. The highest BCUT2D eigenvalue weighted by Gasteiger charge is 2.67. The van der Waals surface area contributed by atoms with Crippen LogP contribution in [0.5, 0.6) is 11.5 Å². The molecule has 5 rings (SSSR count). The summed E-state index contributed by atoms with van der Waals surface area (Å²) in [6.07, 6.45) is -1.56. The fourth-order valence-corrected chi connectivity index (χ4v) is 7.61. The van der Waals surface area contributed by atoms with Gasteiger partial charge in [-0.05, 0) is 35.0 Å². The van der Waals surface area contributed by atoms with Gasteiger partial charge in [0.25, 0.3) is 5.91 Å². The molecule has 0 saturated carbocycles. The number of urea groups is 1. The molecule has 0 radical (unpaired) electrons. The predicted octanol–water partition coefficient (Wildman–Crippen LogP) is -1.10. The quantitative estimate of drug-likeness (QED) is 0.0533. The smallest absolute Gasteiger partial charge is 0.504 e. The van der Waals surface area contributed by atoms with Crippen molar-refractivity contribution < 1.29 is 48.8 Å². The van der Waals surface area contributed by atoms with Gasteiger partial charge in [-0.25, -0.2) is 14.3 Å². The molecular weight excluding hydrogens is 638 g/mol. The van der Waals surface area contributed by atoms with Gasteiger partial charge in [-0.1, -0.05) is 17.8 Å². The molecule has 4 heterocycles. The summed E-state index contributed by atoms with van der Waals surface area (Å²) in [7, 11) is 1.56. The number of carbonyl (C=O) groups excluding carboxylic acids is 5. The second kappa shape index (κ2) is 12.1. The van der Waals surface area contributed by atoms with Crippen molar-refractivity contribution in [1.82, 2.24) is 45.5 Å². The number of fused-ring (bicyclic) bond motifs is 1. The number of phenols is 2. The molecule has 21 heteroatoms. The van der Waals surface area contributed by atoms with Gasteiger partial charge in [0, 0.05) is 38.0 Å². The number of ether oxygens (including phenoxy) is 1. The average Bonchev–Trinajstić information content (AvgIpc) is 3.41. The zero-order valence-electron chi connectivity index (χ0n) is 23.4. The first-order chi connectivity index (χ1) is 21.4. The summed E-state index contributed by atoms with van der Waals surface area (Å²) >= 11 is 1.91. The molecule has 5 N–H and O–H groups in total. The number of benzene rings is 1. The van der Waals surface area contributed by atoms with E-state index in [0.29, 0.717) is 0 Å². The highest BCUT2D eigenvalue weighted by atomic mass is 32.2. The molecule has 1 aromatic carbocycles. The lowest BCUT2D eigenvalue weighted by atomic mass is 9.80. The Labute approximate surface area is 261 Å². The number of imide groups is 1. The minimum absolute atomic E-state index is 0.0304. The highest BCUT2D eigenvalue weighted by molar-refractivity contribution is 8.01. The lowest BCUT2D eigenvalue weighted by Crippen LogP contribution is -2.77. The fourth-order valence-electron chi connectivity index (χ4n) is 5.02. The van der Waals surface area contributed by atoms with Crippen molar-refractivity contribution in [2.45, 2.75) is 28.4 Å². The van der Waals surface area contributed by atoms with Crippen molar-refractivity contribution >= 4 is 59.8 Å². The van der Waals surface area contributed by atoms with Gasteiger partial charge in [0.1, 0.15) is 10.7 Å². The molecule has 2 fully saturated rings. The minimum atomic E-state index is -1.92. The summed E-state index contributed by atoms with van der Waals surface area (Å²) in [5.74, 6) is -4.49. The number of carboxylic acid groups (broad SMARTS) is 1. The van der Waals surface area contributed by atoms with Crippen LogP contribution in [-0.2, 0) is 36.5 Å². The number of nitrogens with one attached hydrogen (secondary N) is 2. The average molecular weight is 664 g/mol. The number of nitrogens with zero attached hydrogens (tertiary/aromatic N) is 7. The number of aromatic hydroxyl groups is 2. The lowest BCUT2D eigenvalue weighted by Gasteiger charge is -2.57. The molecule has 6 amide bonds. The van der Waals surface area contributed by atoms with Crippen LogP contribution < -0.4 is 10.6 Å². The van der Waals surface area contributed by atoms with E-state index in [1.165, 1.54) is 15.6 Å². The van der Waals surface area contributed by atoms with Crippen molar-refractivity contribution in [1.29, 1.82) is 0 Å². The fraction of sp³-hybridized carbons (Fsp3) is 0.375. The number of likely N-dealkylation sites (N-methyl/N-ethyl adjacent to an activating group) is 1. The highest BCUT2D eigenvalue weighted by Crippen LogP contribution is 2.54. The molecule has 238 valence electrons. The third-order valence-corrected chi connectivity index (χ3v) is 9.82. The molecule has 3 aliphatic rings. The van der Waals surface area contributed by atoms with Crippen LogP contribution in [0.15, 0.2) is 34.8 Å². The second-order valence-corrected chi connectivity index (χ2v) is 11.8. The van der Waals surface area contributed by atoms with Gasteiger partial charge in [0.15, 0.2) is 17.0 Å². The Morgan fingerprint density at radius 1 is 1.20 bits per heavy atom. The predicted molar refractivity (Wildman–Crippen MR) is 151 cm³/mol. The van der Waals surface area contributed by atoms with Crippen molar-refractivity contribution in [3.8, 4) is 11.5 Å². The number of carbonyl (C=O) groups is 6. The van der Waals surface area contributed by atoms with Crippen LogP contribution in [0.3, 0.4) is 0 Å². The number of hydrogen-bond donors (Lipinski definition) is 5. The van der Waals surface area contributed by atoms with Crippen LogP contribution in [0.1, 0.15) is 12.5 Å². The Bertz CT molecular complexity index is 1630. The number of amides is 6. The van der Waals surface area contributed by atoms with Crippen LogP contribution in [0.4, 0.5) is 9.59 Å². The second-order valence-electron chi connectivity index (χ2n) is 9.68. The third kappa shape index (κ3) is 5.32. The van der Waals surface area contributed by atoms with Crippen molar-refractivity contribution in [2.24, 2.45) is 7.05 Å². The van der Waals surface area contributed by atoms with Crippen molar-refractivity contribution in [3.05, 3.63) is 35.2 Å². The number of piperazine rings is 1. The Balaban J connectivity index is 1.57. The van der Waals surface area contributed by atoms with E-state index in [4.69, 9.17) is 4.74 Å². The first-order valence-corrected chi connectivity index (χ1v) is 15.0. The molecule has 2 aromatic rings. The van der Waals surface area contributed by atoms with E-state index in [9.17, 15) is 44.1 Å². The zero-order valence-corrected chi connectivity index (χ0v) is 25.1. The number of rotatable bonds is 9. The molecule has 3 atom stereocenters. The van der Waals surface area contributed by atoms with Crippen molar-refractivity contribution in [2.75, 3.05) is 25.4 Å². The molecule has 45 heavy (non-hydrogen) atoms. The Hall–Kier alpha value is -5.05. The summed E-state index contributed by atoms with van der Waals surface area (Å²) in [6, 6.07) is 2.46. The topological polar surface area (TPSA) is 250 Å². The van der Waals surface area contributed by atoms with Gasteiger partial charge in [0.05, 0.1) is 0 Å². The molecular formula is C24H25N9O10S2. The molecule has 0 spiro atoms. The summed E-state index contributed by atoms with van der Waals surface area (Å²) in [4.78, 5) is 79.2. The number of thioether (sulfide) groups is 2. The van der Waals surface area contributed by atoms with E-state index in [1.54, 1.807) is 14.0 Å². The zero-order chi connectivity index (χ0) is 32.6. The van der Waals surface area contributed by atoms with Crippen LogP contribution >= 0.6 is 23.5 Å². The summed E-state index contributed by atoms with van der Waals surface area (Å²) < 4.78 is 6.43. The maximum atomic E-state index is 13.9. The number of phenolic OH excluding ortho intramolecular Hbond substituents is 2. The maximum Gasteiger partial charge on any atom is 0.512 e. The number of aryl methyl sites for hydroxylation is 1. The van der Waals surface area contributed by atoms with Crippen LogP contribution in [0, 0.1) is 0 Å². The third-order valence-electron chi connectivity index (χ3n) is 7.27. The van der Waals surface area contributed by atoms with E-state index in [1.807, 2.05) is 0 Å². The number of β-lactam (4-membered cyclic amide) rings is 1. The molecule has 3 aliphatic heterocycles. The van der Waals surface area contributed by atoms with Gasteiger partial charge in [-0.2, -0.15) is 0 Å². The standard InChI is InChI=1S/C24H25N9O10S2/c1-3-31-6-7-32(17(38)16(31)37)21(40)26-15-12(9-44-22-27-28-29-30(22)2)18(43-23(41)42)33-19(39)24(25-10-34,20(33)45-15)11-4-5-13(35)14(36)8-11/h4-5,8,10,15,20,35-36H,3,6-7,9H2,1-2H3,(H,25,34)(H,26,40)(H,41,42)/t15?,20-,24-/m0/s1. The Morgan fingerprint density at radius 3 is 2.58 bits per heavy atom. The number of hydrogen-bond acceptors (Lipinski definition) is 14. The van der Waals surface area contributed by atoms with E-state index in [-0.39, 0.29) is 48.1 Å². The molecule has 19 nitrogen and oxygen atoms in total. The van der Waals surface area contributed by atoms with Crippen LogP contribution in [0.25, 0.3) is 0 Å². The molecule has 1 aromatic heterocycles. The summed E-state index contributed by atoms with van der Waals surface area (Å²) in [5, 5.41) is 43.8. The van der Waals surface area contributed by atoms with Crippen LogP contribution in [-0.4, -0.2) is 123 Å². The molecule has 2 saturated heterocycles. The lowest BCUT2D eigenvalue weighted by molar-refractivity contribution is -0.159. The van der Waals surface area contributed by atoms with Gasteiger partial charge in [-0.15, -0.1) is 16.9 Å². The van der Waals surface area contributed by atoms with Crippen molar-refractivity contribution in [3.63, 3.8) is 0 Å². The SMILES string of the molecule is CCN1CCN(C(=O)NC2S[C@@H]3N(C(=O)[C@@]3(NC=O)c3ccc(O)c(O)c3)C(OC(=O)O)=C2CSc2nnnn2C)C(=O)C1=O. The van der Waals surface area contributed by atoms with E-state index in [0.717, 1.165) is 45.5 Å². The van der Waals surface area contributed by atoms with E-state index < -0.39 is 63.6 Å². The first kappa shape index (κ1) is 31.4. The van der Waals surface area contributed by atoms with E-state index in [2.05, 4.69) is 26.2 Å². The van der Waals surface area contributed by atoms with Gasteiger partial charge in [0.2, 0.25) is 17.4 Å². The van der Waals surface area contributed by atoms with Gasteiger partial charge >= 0.3 is 24.0 Å². The number of aromatic nitrogens is 4. The van der Waals surface area contributed by atoms with Gasteiger partial charge < -0.3 is 35.6 Å². The largest absolute Gasteiger partial charge is 0.512 e. The normalized spacial score (nSPS) is 23.0. The van der Waals surface area contributed by atoms with Gasteiger partial charge in [-0.3, -0.25) is 29.0 Å². The number of tetrazole rings is 1. The molecule has 1 unspecified atom stereocenters.